The monoisotopic (exact) mass is 308 g/mol. The van der Waals surface area contributed by atoms with Crippen molar-refractivity contribution in [1.29, 1.82) is 0 Å². The highest BCUT2D eigenvalue weighted by molar-refractivity contribution is 9.10. The van der Waals surface area contributed by atoms with Crippen LogP contribution in [0.1, 0.15) is 28.2 Å². The third-order valence-electron chi connectivity index (χ3n) is 1.85. The van der Waals surface area contributed by atoms with Gasteiger partial charge in [0.15, 0.2) is 5.78 Å². The van der Waals surface area contributed by atoms with E-state index in [2.05, 4.69) is 15.9 Å². The van der Waals surface area contributed by atoms with Crippen molar-refractivity contribution in [3.8, 4) is 0 Å². The van der Waals surface area contributed by atoms with Crippen LogP contribution in [0.3, 0.4) is 0 Å². The van der Waals surface area contributed by atoms with Crippen molar-refractivity contribution in [2.24, 2.45) is 0 Å². The molecular formula is C10H7BrCl2O2. The van der Waals surface area contributed by atoms with Gasteiger partial charge in [-0.1, -0.05) is 6.07 Å². The molecule has 0 radical (unpaired) electrons. The summed E-state index contributed by atoms with van der Waals surface area (Å²) in [6, 6.07) is 4.83. The van der Waals surface area contributed by atoms with Crippen LogP contribution in [0.4, 0.5) is 0 Å². The Bertz CT molecular complexity index is 418. The van der Waals surface area contributed by atoms with Gasteiger partial charge in [-0.25, -0.2) is 0 Å². The van der Waals surface area contributed by atoms with Crippen molar-refractivity contribution in [2.45, 2.75) is 12.3 Å². The van der Waals surface area contributed by atoms with E-state index in [-0.39, 0.29) is 5.78 Å². The number of carbonyl (C=O) groups excluding carboxylic acids is 2. The van der Waals surface area contributed by atoms with Crippen molar-refractivity contribution in [2.75, 3.05) is 0 Å². The molecular weight excluding hydrogens is 303 g/mol. The minimum atomic E-state index is -0.743. The van der Waals surface area contributed by atoms with E-state index in [0.717, 1.165) is 0 Å². The highest BCUT2D eigenvalue weighted by Crippen LogP contribution is 2.27. The van der Waals surface area contributed by atoms with Crippen LogP contribution in [-0.4, -0.2) is 11.0 Å². The summed E-state index contributed by atoms with van der Waals surface area (Å²) in [6.07, 6.45) is 0. The van der Waals surface area contributed by atoms with Crippen molar-refractivity contribution in [1.82, 2.24) is 0 Å². The molecule has 0 aliphatic rings. The van der Waals surface area contributed by atoms with Crippen LogP contribution in [0, 0.1) is 0 Å². The zero-order valence-electron chi connectivity index (χ0n) is 7.76. The predicted octanol–water partition coefficient (Wildman–Crippen LogP) is 3.70. The van der Waals surface area contributed by atoms with Crippen LogP contribution >= 0.6 is 39.1 Å². The molecule has 1 unspecified atom stereocenters. The third kappa shape index (κ3) is 3.03. The molecule has 2 nitrogen and oxygen atoms in total. The van der Waals surface area contributed by atoms with Gasteiger partial charge in [-0.05, 0) is 52.2 Å². The molecule has 0 spiro atoms. The molecule has 0 aliphatic heterocycles. The first-order valence-corrected chi connectivity index (χ1v) is 5.68. The zero-order chi connectivity index (χ0) is 11.6. The van der Waals surface area contributed by atoms with E-state index in [1.807, 2.05) is 0 Å². The summed E-state index contributed by atoms with van der Waals surface area (Å²) < 4.78 is 0.582. The van der Waals surface area contributed by atoms with E-state index in [0.29, 0.717) is 15.6 Å². The van der Waals surface area contributed by atoms with E-state index in [4.69, 9.17) is 23.2 Å². The number of Topliss-reactive ketones (excluding diaryl/α,β-unsaturated/α-hetero) is 1. The summed E-state index contributed by atoms with van der Waals surface area (Å²) >= 11 is 14.4. The molecule has 5 heteroatoms. The summed E-state index contributed by atoms with van der Waals surface area (Å²) in [4.78, 5) is 22.1. The summed E-state index contributed by atoms with van der Waals surface area (Å²) in [7, 11) is 0. The summed E-state index contributed by atoms with van der Waals surface area (Å²) in [5.41, 5.74) is 0.873. The van der Waals surface area contributed by atoms with Crippen LogP contribution < -0.4 is 0 Å². The average Bonchev–Trinajstić information content (AvgIpc) is 2.16. The molecule has 0 amide bonds. The van der Waals surface area contributed by atoms with Crippen molar-refractivity contribution in [3.05, 3.63) is 33.8 Å². The van der Waals surface area contributed by atoms with E-state index < -0.39 is 10.6 Å². The summed E-state index contributed by atoms with van der Waals surface area (Å²) in [5, 5.41) is -1.33. The highest BCUT2D eigenvalue weighted by atomic mass is 79.9. The fourth-order valence-corrected chi connectivity index (χ4v) is 1.92. The maximum atomic E-state index is 11.0. The van der Waals surface area contributed by atoms with Crippen molar-refractivity contribution >= 4 is 50.2 Å². The number of hydrogen-bond acceptors (Lipinski definition) is 2. The molecule has 1 rings (SSSR count). The molecule has 0 heterocycles. The highest BCUT2D eigenvalue weighted by Gasteiger charge is 2.16. The van der Waals surface area contributed by atoms with Crippen LogP contribution in [0.2, 0.25) is 0 Å². The van der Waals surface area contributed by atoms with Crippen LogP contribution in [-0.2, 0) is 4.79 Å². The number of rotatable bonds is 3. The SMILES string of the molecule is CC(=O)C(Cl)c1ccc(Br)c(C(=O)Cl)c1. The Labute approximate surface area is 106 Å². The molecule has 0 saturated heterocycles. The maximum Gasteiger partial charge on any atom is 0.253 e. The number of halogens is 3. The predicted molar refractivity (Wildman–Crippen MR) is 63.6 cm³/mol. The van der Waals surface area contributed by atoms with Gasteiger partial charge < -0.3 is 0 Å². The lowest BCUT2D eigenvalue weighted by atomic mass is 10.1. The number of ketones is 1. The molecule has 0 aliphatic carbocycles. The first kappa shape index (κ1) is 12.7. The Morgan fingerprint density at radius 1 is 1.40 bits per heavy atom. The van der Waals surface area contributed by atoms with Gasteiger partial charge in [0.05, 0.1) is 0 Å². The van der Waals surface area contributed by atoms with Gasteiger partial charge in [0.25, 0.3) is 5.24 Å². The first-order valence-electron chi connectivity index (χ1n) is 4.07. The summed E-state index contributed by atoms with van der Waals surface area (Å²) in [5.74, 6) is -0.174. The number of benzene rings is 1. The molecule has 0 saturated carbocycles. The molecule has 15 heavy (non-hydrogen) atoms. The molecule has 0 bridgehead atoms. The minimum absolute atomic E-state index is 0.174. The van der Waals surface area contributed by atoms with Gasteiger partial charge in [0, 0.05) is 10.0 Å². The lowest BCUT2D eigenvalue weighted by Gasteiger charge is -2.07. The zero-order valence-corrected chi connectivity index (χ0v) is 10.9. The summed E-state index contributed by atoms with van der Waals surface area (Å²) in [6.45, 7) is 1.39. The first-order chi connectivity index (χ1) is 6.93. The lowest BCUT2D eigenvalue weighted by molar-refractivity contribution is -0.116. The molecule has 0 fully saturated rings. The Morgan fingerprint density at radius 3 is 2.47 bits per heavy atom. The number of alkyl halides is 1. The smallest absolute Gasteiger partial charge is 0.253 e. The second kappa shape index (κ2) is 5.10. The largest absolute Gasteiger partial charge is 0.298 e. The molecule has 0 N–H and O–H groups in total. The minimum Gasteiger partial charge on any atom is -0.298 e. The van der Waals surface area contributed by atoms with E-state index in [1.165, 1.54) is 13.0 Å². The fourth-order valence-electron chi connectivity index (χ4n) is 1.09. The maximum absolute atomic E-state index is 11.0. The van der Waals surface area contributed by atoms with Gasteiger partial charge in [-0.2, -0.15) is 0 Å². The normalized spacial score (nSPS) is 12.3. The number of carbonyl (C=O) groups is 2. The van der Waals surface area contributed by atoms with Gasteiger partial charge in [0.2, 0.25) is 0 Å². The average molecular weight is 310 g/mol. The standard InChI is InChI=1S/C10H7BrCl2O2/c1-5(14)9(12)6-2-3-8(11)7(4-6)10(13)15/h2-4,9H,1H3. The van der Waals surface area contributed by atoms with Crippen LogP contribution in [0.25, 0.3) is 0 Å². The quantitative estimate of drug-likeness (QED) is 0.630. The van der Waals surface area contributed by atoms with Gasteiger partial charge in [-0.15, -0.1) is 11.6 Å². The lowest BCUT2D eigenvalue weighted by Crippen LogP contribution is -2.03. The molecule has 1 aromatic rings. The Balaban J connectivity index is 3.18. The fraction of sp³-hybridized carbons (Fsp3) is 0.200. The van der Waals surface area contributed by atoms with E-state index >= 15 is 0 Å². The Hall–Kier alpha value is -0.380. The van der Waals surface area contributed by atoms with Crippen molar-refractivity contribution < 1.29 is 9.59 Å². The molecule has 1 aromatic carbocycles. The topological polar surface area (TPSA) is 34.1 Å². The Kier molecular flexibility index (Phi) is 4.32. The van der Waals surface area contributed by atoms with Gasteiger partial charge in [-0.3, -0.25) is 9.59 Å². The molecule has 1 atom stereocenters. The molecule has 0 aromatic heterocycles. The second-order valence-electron chi connectivity index (χ2n) is 2.99. The van der Waals surface area contributed by atoms with E-state index in [9.17, 15) is 9.59 Å². The van der Waals surface area contributed by atoms with E-state index in [1.54, 1.807) is 12.1 Å². The third-order valence-corrected chi connectivity index (χ3v) is 3.31. The molecule has 80 valence electrons. The number of hydrogen-bond donors (Lipinski definition) is 0. The Morgan fingerprint density at radius 2 is 2.00 bits per heavy atom. The van der Waals surface area contributed by atoms with Crippen molar-refractivity contribution in [3.63, 3.8) is 0 Å². The van der Waals surface area contributed by atoms with Crippen LogP contribution in [0.15, 0.2) is 22.7 Å². The second-order valence-corrected chi connectivity index (χ2v) is 4.62. The van der Waals surface area contributed by atoms with Gasteiger partial charge in [0.1, 0.15) is 5.38 Å². The van der Waals surface area contributed by atoms with Crippen LogP contribution in [0.5, 0.6) is 0 Å². The van der Waals surface area contributed by atoms with Gasteiger partial charge >= 0.3 is 0 Å².